The minimum absolute atomic E-state index is 0.257. The molecule has 0 aliphatic heterocycles. The van der Waals surface area contributed by atoms with Crippen molar-refractivity contribution in [3.05, 3.63) is 29.3 Å². The Morgan fingerprint density at radius 2 is 1.95 bits per heavy atom. The van der Waals surface area contributed by atoms with Gasteiger partial charge in [0.05, 0.1) is 5.69 Å². The number of aliphatic hydroxyl groups is 1. The lowest BCUT2D eigenvalue weighted by Gasteiger charge is -2.04. The summed E-state index contributed by atoms with van der Waals surface area (Å²) in [4.78, 5) is 0. The highest BCUT2D eigenvalue weighted by Gasteiger charge is 2.08. The van der Waals surface area contributed by atoms with Gasteiger partial charge in [-0.2, -0.15) is 4.68 Å². The Balaban J connectivity index is 1.96. The maximum absolute atomic E-state index is 8.71. The lowest BCUT2D eigenvalue weighted by molar-refractivity contribution is 0.284. The molecule has 0 radical (unpaired) electrons. The van der Waals surface area contributed by atoms with Gasteiger partial charge >= 0.3 is 0 Å². The lowest BCUT2D eigenvalue weighted by Crippen LogP contribution is -1.99. The van der Waals surface area contributed by atoms with Gasteiger partial charge in [-0.15, -0.1) is 5.10 Å². The average Bonchev–Trinajstić information content (AvgIpc) is 2.88. The van der Waals surface area contributed by atoms with Gasteiger partial charge in [-0.25, -0.2) is 0 Å². The zero-order valence-corrected chi connectivity index (χ0v) is 11.9. The standard InChI is InChI=1S/C12H15ClN4OS/c13-10-4-6-11(7-5-10)17-12(14-15-16-17)19-9-3-1-2-8-18/h4-7,18H,1-3,8-9H2. The molecule has 0 saturated heterocycles. The Morgan fingerprint density at radius 3 is 2.68 bits per heavy atom. The Bertz CT molecular complexity index is 503. The summed E-state index contributed by atoms with van der Waals surface area (Å²) in [5, 5.41) is 21.9. The largest absolute Gasteiger partial charge is 0.396 e. The first kappa shape index (κ1) is 14.3. The molecule has 1 aromatic carbocycles. The second-order valence-corrected chi connectivity index (χ2v) is 5.48. The molecule has 1 heterocycles. The quantitative estimate of drug-likeness (QED) is 0.629. The zero-order chi connectivity index (χ0) is 13.5. The van der Waals surface area contributed by atoms with Crippen LogP contribution in [0.4, 0.5) is 0 Å². The number of rotatable bonds is 7. The van der Waals surface area contributed by atoms with E-state index in [0.717, 1.165) is 35.9 Å². The fourth-order valence-electron chi connectivity index (χ4n) is 1.57. The zero-order valence-electron chi connectivity index (χ0n) is 10.4. The van der Waals surface area contributed by atoms with Crippen LogP contribution in [0.3, 0.4) is 0 Å². The van der Waals surface area contributed by atoms with E-state index >= 15 is 0 Å². The molecule has 0 amide bonds. The molecular weight excluding hydrogens is 284 g/mol. The molecule has 0 aliphatic rings. The Morgan fingerprint density at radius 1 is 1.16 bits per heavy atom. The number of tetrazole rings is 1. The maximum atomic E-state index is 8.71. The topological polar surface area (TPSA) is 63.8 Å². The predicted octanol–water partition coefficient (Wildman–Crippen LogP) is 2.57. The first-order chi connectivity index (χ1) is 9.31. The summed E-state index contributed by atoms with van der Waals surface area (Å²) in [5.41, 5.74) is 0.896. The molecule has 2 aromatic rings. The van der Waals surface area contributed by atoms with Gasteiger partial charge in [0, 0.05) is 17.4 Å². The van der Waals surface area contributed by atoms with Crippen LogP contribution < -0.4 is 0 Å². The number of nitrogens with zero attached hydrogens (tertiary/aromatic N) is 4. The number of hydrogen-bond donors (Lipinski definition) is 1. The van der Waals surface area contributed by atoms with Crippen molar-refractivity contribution in [2.45, 2.75) is 24.4 Å². The van der Waals surface area contributed by atoms with E-state index in [2.05, 4.69) is 15.5 Å². The lowest BCUT2D eigenvalue weighted by atomic mass is 10.3. The molecule has 2 rings (SSSR count). The van der Waals surface area contributed by atoms with Gasteiger partial charge in [0.1, 0.15) is 0 Å². The third-order valence-electron chi connectivity index (χ3n) is 2.55. The average molecular weight is 299 g/mol. The minimum Gasteiger partial charge on any atom is -0.396 e. The van der Waals surface area contributed by atoms with Crippen molar-refractivity contribution in [1.29, 1.82) is 0 Å². The van der Waals surface area contributed by atoms with Crippen molar-refractivity contribution in [2.24, 2.45) is 0 Å². The van der Waals surface area contributed by atoms with Crippen LogP contribution in [0, 0.1) is 0 Å². The Hall–Kier alpha value is -1.11. The van der Waals surface area contributed by atoms with Gasteiger partial charge in [0.2, 0.25) is 5.16 Å². The number of halogens is 1. The maximum Gasteiger partial charge on any atom is 0.214 e. The molecule has 0 aliphatic carbocycles. The minimum atomic E-state index is 0.257. The fraction of sp³-hybridized carbons (Fsp3) is 0.417. The predicted molar refractivity (Wildman–Crippen MR) is 75.8 cm³/mol. The van der Waals surface area contributed by atoms with E-state index in [-0.39, 0.29) is 6.61 Å². The summed E-state index contributed by atoms with van der Waals surface area (Å²) < 4.78 is 1.70. The number of benzene rings is 1. The second-order valence-electron chi connectivity index (χ2n) is 3.98. The number of unbranched alkanes of at least 4 members (excludes halogenated alkanes) is 2. The monoisotopic (exact) mass is 298 g/mol. The van der Waals surface area contributed by atoms with Gasteiger partial charge in [-0.05, 0) is 47.5 Å². The summed E-state index contributed by atoms with van der Waals surface area (Å²) in [6.45, 7) is 0.257. The van der Waals surface area contributed by atoms with E-state index in [1.807, 2.05) is 24.3 Å². The summed E-state index contributed by atoms with van der Waals surface area (Å²) in [6.07, 6.45) is 2.91. The first-order valence-corrected chi connectivity index (χ1v) is 7.45. The summed E-state index contributed by atoms with van der Waals surface area (Å²) in [5.74, 6) is 0.938. The van der Waals surface area contributed by atoms with Crippen LogP contribution in [0.25, 0.3) is 5.69 Å². The molecule has 1 N–H and O–H groups in total. The van der Waals surface area contributed by atoms with Crippen LogP contribution in [-0.2, 0) is 0 Å². The molecule has 0 unspecified atom stereocenters. The number of aliphatic hydroxyl groups excluding tert-OH is 1. The van der Waals surface area contributed by atoms with Crippen molar-refractivity contribution in [3.63, 3.8) is 0 Å². The van der Waals surface area contributed by atoms with E-state index in [0.29, 0.717) is 5.02 Å². The van der Waals surface area contributed by atoms with Gasteiger partial charge < -0.3 is 5.11 Å². The van der Waals surface area contributed by atoms with Crippen molar-refractivity contribution in [3.8, 4) is 5.69 Å². The summed E-state index contributed by atoms with van der Waals surface area (Å²) >= 11 is 7.47. The van der Waals surface area contributed by atoms with Gasteiger partial charge in [0.25, 0.3) is 0 Å². The van der Waals surface area contributed by atoms with Crippen LogP contribution in [-0.4, -0.2) is 37.7 Å². The van der Waals surface area contributed by atoms with E-state index in [4.69, 9.17) is 16.7 Å². The van der Waals surface area contributed by atoms with Gasteiger partial charge in [-0.1, -0.05) is 29.8 Å². The van der Waals surface area contributed by atoms with Crippen LogP contribution in [0.2, 0.25) is 5.02 Å². The van der Waals surface area contributed by atoms with Crippen LogP contribution in [0.5, 0.6) is 0 Å². The molecule has 5 nitrogen and oxygen atoms in total. The SMILES string of the molecule is OCCCCCSc1nnnn1-c1ccc(Cl)cc1. The highest BCUT2D eigenvalue weighted by Crippen LogP contribution is 2.20. The number of aromatic nitrogens is 4. The van der Waals surface area contributed by atoms with E-state index in [9.17, 15) is 0 Å². The Labute approximate surface area is 121 Å². The van der Waals surface area contributed by atoms with E-state index in [1.165, 1.54) is 0 Å². The van der Waals surface area contributed by atoms with E-state index < -0.39 is 0 Å². The van der Waals surface area contributed by atoms with Crippen LogP contribution in [0.1, 0.15) is 19.3 Å². The highest BCUT2D eigenvalue weighted by molar-refractivity contribution is 7.99. The van der Waals surface area contributed by atoms with Crippen molar-refractivity contribution in [2.75, 3.05) is 12.4 Å². The third-order valence-corrected chi connectivity index (χ3v) is 3.80. The van der Waals surface area contributed by atoms with Crippen molar-refractivity contribution < 1.29 is 5.11 Å². The smallest absolute Gasteiger partial charge is 0.214 e. The molecule has 19 heavy (non-hydrogen) atoms. The highest BCUT2D eigenvalue weighted by atomic mass is 35.5. The third kappa shape index (κ3) is 4.19. The molecule has 102 valence electrons. The van der Waals surface area contributed by atoms with Crippen molar-refractivity contribution >= 4 is 23.4 Å². The Kier molecular flexibility index (Phi) is 5.62. The summed E-state index contributed by atoms with van der Waals surface area (Å²) in [7, 11) is 0. The molecule has 0 bridgehead atoms. The van der Waals surface area contributed by atoms with Gasteiger partial charge in [-0.3, -0.25) is 0 Å². The molecule has 7 heteroatoms. The molecule has 0 spiro atoms. The normalized spacial score (nSPS) is 10.8. The molecule has 0 atom stereocenters. The molecular formula is C12H15ClN4OS. The van der Waals surface area contributed by atoms with Crippen LogP contribution >= 0.6 is 23.4 Å². The van der Waals surface area contributed by atoms with E-state index in [1.54, 1.807) is 16.4 Å². The molecule has 1 aromatic heterocycles. The number of thioether (sulfide) groups is 1. The fourth-order valence-corrected chi connectivity index (χ4v) is 2.58. The number of hydrogen-bond acceptors (Lipinski definition) is 5. The van der Waals surface area contributed by atoms with Crippen LogP contribution in [0.15, 0.2) is 29.4 Å². The molecule has 0 fully saturated rings. The van der Waals surface area contributed by atoms with Crippen molar-refractivity contribution in [1.82, 2.24) is 20.2 Å². The first-order valence-electron chi connectivity index (χ1n) is 6.09. The summed E-state index contributed by atoms with van der Waals surface area (Å²) in [6, 6.07) is 7.39. The molecule has 0 saturated carbocycles. The van der Waals surface area contributed by atoms with Gasteiger partial charge in [0.15, 0.2) is 0 Å². The second kappa shape index (κ2) is 7.47.